The summed E-state index contributed by atoms with van der Waals surface area (Å²) in [6.45, 7) is 4.69. The topological polar surface area (TPSA) is 91.6 Å². The molecule has 0 unspecified atom stereocenters. The first kappa shape index (κ1) is 22.0. The van der Waals surface area contributed by atoms with Gasteiger partial charge in [0.1, 0.15) is 17.2 Å². The molecule has 1 atom stereocenters. The van der Waals surface area contributed by atoms with Crippen LogP contribution in [0.5, 0.6) is 5.75 Å². The molecular weight excluding hydrogens is 420 g/mol. The van der Waals surface area contributed by atoms with Gasteiger partial charge < -0.3 is 19.9 Å². The van der Waals surface area contributed by atoms with Gasteiger partial charge in [0, 0.05) is 31.4 Å². The highest BCUT2D eigenvalue weighted by Crippen LogP contribution is 2.43. The molecule has 170 valence electrons. The van der Waals surface area contributed by atoms with E-state index < -0.39 is 28.7 Å². The van der Waals surface area contributed by atoms with Crippen molar-refractivity contribution in [2.75, 3.05) is 6.54 Å². The number of aromatic hydroxyl groups is 1. The summed E-state index contributed by atoms with van der Waals surface area (Å²) in [6, 6.07) is 0.0968. The molecule has 32 heavy (non-hydrogen) atoms. The number of carbonyl (C=O) groups excluding carboxylic acids is 2. The SMILES string of the molecule is C=C/C(F)=C\C(F)=C(/C)CNC(=O)c1cn2c(c(O)c1=O)C(=O)N1C3CCC(CC3)[C@H]1C2. The first-order valence-corrected chi connectivity index (χ1v) is 10.6. The fourth-order valence-electron chi connectivity index (χ4n) is 5.02. The van der Waals surface area contributed by atoms with E-state index >= 15 is 0 Å². The first-order valence-electron chi connectivity index (χ1n) is 10.6. The Bertz CT molecular complexity index is 1110. The van der Waals surface area contributed by atoms with E-state index in [-0.39, 0.29) is 41.4 Å². The summed E-state index contributed by atoms with van der Waals surface area (Å²) in [4.78, 5) is 40.2. The molecule has 4 aliphatic rings. The summed E-state index contributed by atoms with van der Waals surface area (Å²) >= 11 is 0. The predicted molar refractivity (Wildman–Crippen MR) is 114 cm³/mol. The molecular formula is C23H25F2N3O4. The molecule has 9 heteroatoms. The van der Waals surface area contributed by atoms with Crippen molar-refractivity contribution in [3.05, 3.63) is 63.6 Å². The number of piperidine rings is 2. The van der Waals surface area contributed by atoms with Gasteiger partial charge in [0.2, 0.25) is 5.43 Å². The summed E-state index contributed by atoms with van der Waals surface area (Å²) in [5, 5.41) is 12.9. The Morgan fingerprint density at radius 3 is 2.62 bits per heavy atom. The highest BCUT2D eigenvalue weighted by Gasteiger charge is 2.48. The number of halogens is 2. The van der Waals surface area contributed by atoms with Crippen molar-refractivity contribution in [3.63, 3.8) is 0 Å². The Hall–Kier alpha value is -3.23. The van der Waals surface area contributed by atoms with Crippen LogP contribution in [0.1, 0.15) is 53.5 Å². The molecule has 3 fully saturated rings. The Morgan fingerprint density at radius 2 is 1.97 bits per heavy atom. The second-order valence-electron chi connectivity index (χ2n) is 8.61. The van der Waals surface area contributed by atoms with Crippen LogP contribution in [0.2, 0.25) is 0 Å². The van der Waals surface area contributed by atoms with Crippen LogP contribution in [0, 0.1) is 5.92 Å². The number of rotatable bonds is 5. The van der Waals surface area contributed by atoms with Crippen LogP contribution < -0.4 is 10.7 Å². The molecule has 2 amide bonds. The predicted octanol–water partition coefficient (Wildman–Crippen LogP) is 2.96. The number of fused-ring (bicyclic) bond motifs is 3. The summed E-state index contributed by atoms with van der Waals surface area (Å²) in [5.74, 6) is -3.32. The average Bonchev–Trinajstić information content (AvgIpc) is 2.79. The lowest BCUT2D eigenvalue weighted by molar-refractivity contribution is -0.0181. The van der Waals surface area contributed by atoms with E-state index in [2.05, 4.69) is 11.9 Å². The van der Waals surface area contributed by atoms with Crippen molar-refractivity contribution in [1.82, 2.24) is 14.8 Å². The zero-order chi connectivity index (χ0) is 23.2. The zero-order valence-corrected chi connectivity index (χ0v) is 17.7. The lowest BCUT2D eigenvalue weighted by Gasteiger charge is -2.53. The van der Waals surface area contributed by atoms with Gasteiger partial charge in [0.15, 0.2) is 11.4 Å². The van der Waals surface area contributed by atoms with Gasteiger partial charge in [-0.3, -0.25) is 14.4 Å². The maximum Gasteiger partial charge on any atom is 0.275 e. The second kappa shape index (κ2) is 8.37. The Labute approximate surface area is 183 Å². The average molecular weight is 445 g/mol. The van der Waals surface area contributed by atoms with Crippen LogP contribution in [0.4, 0.5) is 8.78 Å². The molecule has 1 aromatic rings. The lowest BCUT2D eigenvalue weighted by Crippen LogP contribution is -2.62. The first-order chi connectivity index (χ1) is 15.2. The van der Waals surface area contributed by atoms with Gasteiger partial charge in [0.05, 0.1) is 6.04 Å². The van der Waals surface area contributed by atoms with E-state index in [9.17, 15) is 28.3 Å². The molecule has 0 radical (unpaired) electrons. The monoisotopic (exact) mass is 445 g/mol. The Balaban J connectivity index is 1.60. The van der Waals surface area contributed by atoms with E-state index in [0.717, 1.165) is 31.8 Å². The molecule has 0 aromatic carbocycles. The molecule has 0 spiro atoms. The largest absolute Gasteiger partial charge is 0.503 e. The summed E-state index contributed by atoms with van der Waals surface area (Å²) in [5.41, 5.74) is -1.35. The van der Waals surface area contributed by atoms with Crippen molar-refractivity contribution in [2.45, 2.75) is 51.2 Å². The van der Waals surface area contributed by atoms with Gasteiger partial charge in [-0.05, 0) is 50.2 Å². The van der Waals surface area contributed by atoms with Crippen LogP contribution in [-0.2, 0) is 6.54 Å². The highest BCUT2D eigenvalue weighted by molar-refractivity contribution is 5.99. The minimum Gasteiger partial charge on any atom is -0.503 e. The number of pyridine rings is 1. The van der Waals surface area contributed by atoms with E-state index in [1.807, 2.05) is 0 Å². The molecule has 5 rings (SSSR count). The Morgan fingerprint density at radius 1 is 1.28 bits per heavy atom. The molecule has 7 nitrogen and oxygen atoms in total. The number of nitrogens with zero attached hydrogens (tertiary/aromatic N) is 2. The van der Waals surface area contributed by atoms with Gasteiger partial charge in [-0.15, -0.1) is 0 Å². The third kappa shape index (κ3) is 3.65. The zero-order valence-electron chi connectivity index (χ0n) is 17.7. The number of allylic oxidation sites excluding steroid dienone is 4. The number of aromatic nitrogens is 1. The number of amides is 2. The number of nitrogens with one attached hydrogen (secondary N) is 1. The fourth-order valence-corrected chi connectivity index (χ4v) is 5.02. The van der Waals surface area contributed by atoms with Crippen LogP contribution >= 0.6 is 0 Å². The summed E-state index contributed by atoms with van der Waals surface area (Å²) in [7, 11) is 0. The number of carbonyl (C=O) groups is 2. The smallest absolute Gasteiger partial charge is 0.275 e. The normalized spacial score (nSPS) is 25.1. The third-order valence-electron chi connectivity index (χ3n) is 6.74. The van der Waals surface area contributed by atoms with Gasteiger partial charge in [-0.1, -0.05) is 6.58 Å². The van der Waals surface area contributed by atoms with E-state index in [4.69, 9.17) is 0 Å². The van der Waals surface area contributed by atoms with Crippen molar-refractivity contribution < 1.29 is 23.5 Å². The van der Waals surface area contributed by atoms with Crippen LogP contribution in [0.3, 0.4) is 0 Å². The van der Waals surface area contributed by atoms with Crippen LogP contribution in [0.15, 0.2) is 46.9 Å². The van der Waals surface area contributed by atoms with Crippen molar-refractivity contribution in [2.24, 2.45) is 5.92 Å². The highest BCUT2D eigenvalue weighted by atomic mass is 19.1. The van der Waals surface area contributed by atoms with Gasteiger partial charge in [-0.2, -0.15) is 0 Å². The van der Waals surface area contributed by atoms with Crippen molar-refractivity contribution in [1.29, 1.82) is 0 Å². The van der Waals surface area contributed by atoms with Gasteiger partial charge >= 0.3 is 0 Å². The maximum atomic E-state index is 13.9. The third-order valence-corrected chi connectivity index (χ3v) is 6.74. The maximum absolute atomic E-state index is 13.9. The Kier molecular flexibility index (Phi) is 5.75. The quantitative estimate of drug-likeness (QED) is 0.682. The molecule has 1 saturated carbocycles. The molecule has 2 N–H and O–H groups in total. The van der Waals surface area contributed by atoms with Crippen molar-refractivity contribution >= 4 is 11.8 Å². The van der Waals surface area contributed by atoms with E-state index in [1.165, 1.54) is 17.7 Å². The second-order valence-corrected chi connectivity index (χ2v) is 8.61. The summed E-state index contributed by atoms with van der Waals surface area (Å²) < 4.78 is 28.6. The lowest BCUT2D eigenvalue weighted by atomic mass is 9.73. The van der Waals surface area contributed by atoms with Gasteiger partial charge in [-0.25, -0.2) is 8.78 Å². The minimum atomic E-state index is -0.956. The molecule has 2 saturated heterocycles. The fraction of sp³-hybridized carbons (Fsp3) is 0.435. The van der Waals surface area contributed by atoms with Crippen molar-refractivity contribution in [3.8, 4) is 5.75 Å². The summed E-state index contributed by atoms with van der Waals surface area (Å²) in [6.07, 6.45) is 6.70. The van der Waals surface area contributed by atoms with Gasteiger partial charge in [0.25, 0.3) is 11.8 Å². The molecule has 1 aromatic heterocycles. The van der Waals surface area contributed by atoms with E-state index in [0.29, 0.717) is 18.5 Å². The number of hydrogen-bond acceptors (Lipinski definition) is 4. The standard InChI is InChI=1S/C23H25F2N3O4/c1-3-14(24)8-17(25)12(2)9-26-22(31)16-10-27-11-18-13-4-6-15(7-5-13)28(18)23(32)19(27)21(30)20(16)29/h3,8,10,13,15,18,30H,1,4-7,9,11H2,2H3,(H,26,31)/b14-8+,17-12-/t13?,15?,18-/m1/s1. The molecule has 1 aliphatic carbocycles. The molecule has 4 heterocycles. The van der Waals surface area contributed by atoms with Crippen LogP contribution in [-0.4, -0.2) is 45.0 Å². The molecule has 3 aliphatic heterocycles. The molecule has 2 bridgehead atoms. The number of hydrogen-bond donors (Lipinski definition) is 2. The minimum absolute atomic E-state index is 0.0221. The van der Waals surface area contributed by atoms with E-state index in [1.54, 1.807) is 4.90 Å². The van der Waals surface area contributed by atoms with Crippen LogP contribution in [0.25, 0.3) is 0 Å².